The molecule has 2 amide bonds. The van der Waals surface area contributed by atoms with Gasteiger partial charge in [-0.05, 0) is 43.2 Å². The van der Waals surface area contributed by atoms with Gasteiger partial charge < -0.3 is 10.6 Å². The van der Waals surface area contributed by atoms with E-state index in [1.54, 1.807) is 30.5 Å². The molecule has 0 fully saturated rings. The zero-order valence-electron chi connectivity index (χ0n) is 12.5. The Morgan fingerprint density at radius 3 is 2.73 bits per heavy atom. The minimum atomic E-state index is -0.159. The number of hydrogen-bond donors (Lipinski definition) is 2. The second-order valence-electron chi connectivity index (χ2n) is 4.94. The summed E-state index contributed by atoms with van der Waals surface area (Å²) < 4.78 is 0. The van der Waals surface area contributed by atoms with Crippen LogP contribution >= 0.6 is 0 Å². The van der Waals surface area contributed by atoms with Crippen molar-refractivity contribution >= 4 is 17.5 Å². The number of carbonyl (C=O) groups excluding carboxylic acids is 2. The fourth-order valence-electron chi connectivity index (χ4n) is 2.06. The standard InChI is InChI=1S/C17H19N3O2/c1-13(21)20-16-8-4-6-14(12-16)17(22)19-11-5-9-15-7-2-3-10-18-15/h2-4,6-8,10,12H,5,9,11H2,1H3,(H,19,22)(H,20,21). The molecule has 1 aromatic heterocycles. The summed E-state index contributed by atoms with van der Waals surface area (Å²) in [5.74, 6) is -0.304. The fraction of sp³-hybridized carbons (Fsp3) is 0.235. The van der Waals surface area contributed by atoms with Gasteiger partial charge in [-0.15, -0.1) is 0 Å². The zero-order chi connectivity index (χ0) is 15.8. The summed E-state index contributed by atoms with van der Waals surface area (Å²) in [4.78, 5) is 27.3. The normalized spacial score (nSPS) is 10.0. The van der Waals surface area contributed by atoms with Crippen molar-refractivity contribution in [1.29, 1.82) is 0 Å². The molecule has 22 heavy (non-hydrogen) atoms. The molecule has 1 aromatic carbocycles. The predicted molar refractivity (Wildman–Crippen MR) is 85.6 cm³/mol. The summed E-state index contributed by atoms with van der Waals surface area (Å²) in [6.45, 7) is 2.02. The molecule has 0 unspecified atom stereocenters. The quantitative estimate of drug-likeness (QED) is 0.804. The van der Waals surface area contributed by atoms with Crippen molar-refractivity contribution in [3.63, 3.8) is 0 Å². The van der Waals surface area contributed by atoms with Crippen molar-refractivity contribution in [2.24, 2.45) is 0 Å². The van der Waals surface area contributed by atoms with Crippen LogP contribution < -0.4 is 10.6 Å². The van der Waals surface area contributed by atoms with Gasteiger partial charge in [-0.2, -0.15) is 0 Å². The smallest absolute Gasteiger partial charge is 0.251 e. The number of anilines is 1. The van der Waals surface area contributed by atoms with Crippen molar-refractivity contribution in [3.05, 3.63) is 59.9 Å². The van der Waals surface area contributed by atoms with Crippen LogP contribution in [0.4, 0.5) is 5.69 Å². The van der Waals surface area contributed by atoms with Crippen LogP contribution in [-0.4, -0.2) is 23.3 Å². The molecule has 2 N–H and O–H groups in total. The van der Waals surface area contributed by atoms with Gasteiger partial charge in [0.2, 0.25) is 5.91 Å². The molecule has 1 heterocycles. The molecule has 0 spiro atoms. The van der Waals surface area contributed by atoms with Gasteiger partial charge in [0.05, 0.1) is 0 Å². The summed E-state index contributed by atoms with van der Waals surface area (Å²) in [7, 11) is 0. The topological polar surface area (TPSA) is 71.1 Å². The number of benzene rings is 1. The highest BCUT2D eigenvalue weighted by atomic mass is 16.2. The molecule has 0 aliphatic heterocycles. The van der Waals surface area contributed by atoms with E-state index in [4.69, 9.17) is 0 Å². The average molecular weight is 297 g/mol. The maximum absolute atomic E-state index is 12.1. The van der Waals surface area contributed by atoms with Crippen molar-refractivity contribution in [3.8, 4) is 0 Å². The van der Waals surface area contributed by atoms with E-state index in [-0.39, 0.29) is 11.8 Å². The van der Waals surface area contributed by atoms with Crippen LogP contribution in [0.3, 0.4) is 0 Å². The molecule has 0 atom stereocenters. The van der Waals surface area contributed by atoms with E-state index in [2.05, 4.69) is 15.6 Å². The number of rotatable bonds is 6. The predicted octanol–water partition coefficient (Wildman–Crippen LogP) is 2.40. The van der Waals surface area contributed by atoms with Crippen molar-refractivity contribution in [1.82, 2.24) is 10.3 Å². The number of nitrogens with zero attached hydrogens (tertiary/aromatic N) is 1. The van der Waals surface area contributed by atoms with Crippen molar-refractivity contribution in [2.45, 2.75) is 19.8 Å². The van der Waals surface area contributed by atoms with E-state index in [1.165, 1.54) is 6.92 Å². The van der Waals surface area contributed by atoms with E-state index in [0.717, 1.165) is 18.5 Å². The van der Waals surface area contributed by atoms with Crippen LogP contribution in [-0.2, 0) is 11.2 Å². The maximum atomic E-state index is 12.1. The third-order valence-electron chi connectivity index (χ3n) is 3.07. The Bertz CT molecular complexity index is 641. The third kappa shape index (κ3) is 5.01. The van der Waals surface area contributed by atoms with Gasteiger partial charge in [0.25, 0.3) is 5.91 Å². The lowest BCUT2D eigenvalue weighted by molar-refractivity contribution is -0.114. The Labute approximate surface area is 129 Å². The molecule has 5 heteroatoms. The van der Waals surface area contributed by atoms with E-state index >= 15 is 0 Å². The van der Waals surface area contributed by atoms with Crippen molar-refractivity contribution in [2.75, 3.05) is 11.9 Å². The molecule has 5 nitrogen and oxygen atoms in total. The summed E-state index contributed by atoms with van der Waals surface area (Å²) in [5.41, 5.74) is 2.17. The Kier molecular flexibility index (Phi) is 5.65. The van der Waals surface area contributed by atoms with Crippen LogP contribution in [0.5, 0.6) is 0 Å². The molecule has 114 valence electrons. The molecule has 0 saturated heterocycles. The minimum absolute atomic E-state index is 0.145. The Hall–Kier alpha value is -2.69. The van der Waals surface area contributed by atoms with Crippen molar-refractivity contribution < 1.29 is 9.59 Å². The molecule has 0 bridgehead atoms. The lowest BCUT2D eigenvalue weighted by Crippen LogP contribution is -2.25. The average Bonchev–Trinajstić information content (AvgIpc) is 2.52. The second kappa shape index (κ2) is 7.93. The van der Waals surface area contributed by atoms with E-state index in [0.29, 0.717) is 17.8 Å². The first-order chi connectivity index (χ1) is 10.6. The lowest BCUT2D eigenvalue weighted by atomic mass is 10.1. The monoisotopic (exact) mass is 297 g/mol. The van der Waals surface area contributed by atoms with E-state index < -0.39 is 0 Å². The third-order valence-corrected chi connectivity index (χ3v) is 3.07. The highest BCUT2D eigenvalue weighted by Gasteiger charge is 2.06. The van der Waals surface area contributed by atoms with Crippen LogP contribution in [0.15, 0.2) is 48.7 Å². The summed E-state index contributed by atoms with van der Waals surface area (Å²) >= 11 is 0. The second-order valence-corrected chi connectivity index (χ2v) is 4.94. The first-order valence-electron chi connectivity index (χ1n) is 7.21. The number of aryl methyl sites for hydroxylation is 1. The molecule has 0 radical (unpaired) electrons. The largest absolute Gasteiger partial charge is 0.352 e. The van der Waals surface area contributed by atoms with E-state index in [9.17, 15) is 9.59 Å². The van der Waals surface area contributed by atoms with Crippen LogP contribution in [0.1, 0.15) is 29.4 Å². The maximum Gasteiger partial charge on any atom is 0.251 e. The number of nitrogens with one attached hydrogen (secondary N) is 2. The molecule has 0 saturated carbocycles. The molecule has 0 aliphatic carbocycles. The van der Waals surface area contributed by atoms with E-state index in [1.807, 2.05) is 18.2 Å². The van der Waals surface area contributed by atoms with Gasteiger partial charge in [0.15, 0.2) is 0 Å². The van der Waals surface area contributed by atoms with Gasteiger partial charge in [0.1, 0.15) is 0 Å². The van der Waals surface area contributed by atoms with Gasteiger partial charge in [-0.3, -0.25) is 14.6 Å². The Balaban J connectivity index is 1.81. The number of hydrogen-bond acceptors (Lipinski definition) is 3. The Morgan fingerprint density at radius 1 is 1.14 bits per heavy atom. The minimum Gasteiger partial charge on any atom is -0.352 e. The molecular formula is C17H19N3O2. The highest BCUT2D eigenvalue weighted by Crippen LogP contribution is 2.10. The van der Waals surface area contributed by atoms with Gasteiger partial charge in [-0.1, -0.05) is 12.1 Å². The summed E-state index contributed by atoms with van der Waals surface area (Å²) in [6.07, 6.45) is 3.42. The number of carbonyl (C=O) groups is 2. The van der Waals surface area contributed by atoms with Gasteiger partial charge in [0, 0.05) is 36.6 Å². The van der Waals surface area contributed by atoms with Crippen LogP contribution in [0, 0.1) is 0 Å². The number of amides is 2. The van der Waals surface area contributed by atoms with Gasteiger partial charge in [-0.25, -0.2) is 0 Å². The molecule has 2 aromatic rings. The molecular weight excluding hydrogens is 278 g/mol. The first kappa shape index (κ1) is 15.7. The fourth-order valence-corrected chi connectivity index (χ4v) is 2.06. The highest BCUT2D eigenvalue weighted by molar-refractivity contribution is 5.96. The van der Waals surface area contributed by atoms with Crippen LogP contribution in [0.2, 0.25) is 0 Å². The summed E-state index contributed by atoms with van der Waals surface area (Å²) in [6, 6.07) is 12.7. The zero-order valence-corrected chi connectivity index (χ0v) is 12.5. The SMILES string of the molecule is CC(=O)Nc1cccc(C(=O)NCCCc2ccccn2)c1. The first-order valence-corrected chi connectivity index (χ1v) is 7.21. The summed E-state index contributed by atoms with van der Waals surface area (Å²) in [5, 5.41) is 5.53. The number of pyridine rings is 1. The van der Waals surface area contributed by atoms with Gasteiger partial charge >= 0.3 is 0 Å². The molecule has 2 rings (SSSR count). The van der Waals surface area contributed by atoms with Crippen LogP contribution in [0.25, 0.3) is 0 Å². The lowest BCUT2D eigenvalue weighted by Gasteiger charge is -2.07. The molecule has 0 aliphatic rings. The Morgan fingerprint density at radius 2 is 2.00 bits per heavy atom. The number of aromatic nitrogens is 1.